The van der Waals surface area contributed by atoms with Gasteiger partial charge in [-0.05, 0) is 212 Å². The molecule has 0 spiro atoms. The topological polar surface area (TPSA) is 195 Å². The number of hydrogen-bond donors (Lipinski definition) is 3. The molecule has 119 heavy (non-hydrogen) atoms. The molecule has 0 saturated carbocycles. The molecule has 2 atom stereocenters. The van der Waals surface area contributed by atoms with Gasteiger partial charge in [0.1, 0.15) is 46.3 Å². The van der Waals surface area contributed by atoms with Gasteiger partial charge >= 0.3 is 55.4 Å². The number of carboxylic acids is 1. The fourth-order valence-corrected chi connectivity index (χ4v) is 10.3. The van der Waals surface area contributed by atoms with E-state index in [2.05, 4.69) is 26.6 Å². The van der Waals surface area contributed by atoms with E-state index in [1.165, 1.54) is 40.7 Å². The van der Waals surface area contributed by atoms with E-state index >= 15 is 0 Å². The fourth-order valence-electron chi connectivity index (χ4n) is 9.94. The van der Waals surface area contributed by atoms with Crippen LogP contribution in [-0.2, 0) is 49.4 Å². The number of halogens is 29. The Balaban J connectivity index is 0.000000214. The summed E-state index contributed by atoms with van der Waals surface area (Å²) in [6.45, 7) is 7.95. The quantitative estimate of drug-likeness (QED) is 0.0734. The highest BCUT2D eigenvalue weighted by atomic mass is 79.9. The summed E-state index contributed by atoms with van der Waals surface area (Å²) >= 11 is 3.08. The minimum Gasteiger partial charge on any atom is -0.475 e. The molecule has 0 unspecified atom stereocenters. The summed E-state index contributed by atoms with van der Waals surface area (Å²) in [5, 5.41) is 13.5. The number of carbonyl (C=O) groups excluding carboxylic acids is 4. The Morgan fingerprint density at radius 3 is 0.697 bits per heavy atom. The van der Waals surface area contributed by atoms with E-state index in [0.717, 1.165) is 73.7 Å². The van der Waals surface area contributed by atoms with Gasteiger partial charge in [0.05, 0.1) is 56.6 Å². The first-order valence-electron chi connectivity index (χ1n) is 32.6. The molecule has 0 aliphatic rings. The summed E-state index contributed by atoms with van der Waals surface area (Å²) in [6.07, 6.45) is -40.0. The number of ketones is 2. The minimum absolute atomic E-state index is 0.0233. The molecule has 0 aliphatic heterocycles. The van der Waals surface area contributed by atoms with Crippen LogP contribution in [0.2, 0.25) is 0 Å². The predicted octanol–water partition coefficient (Wildman–Crippen LogP) is 26.2. The number of nitrogens with one attached hydrogen (secondary N) is 2. The standard InChI is InChI=1S/2C22H15F8NO2.C14H8F6O2.C13H6F6O3.C6H5BrO2/c2*1-10-16(23)7-12(8-17(10)24)11(2)31-20(32)19-4-3-18(33-19)13-5-14(21(25,26)27)9-15(6-13)22(28,29)30;1-7(21)11-2-3-12(22-11)8-4-9(13(15,16)17)6-10(5-8)14(18,19)20;14-12(15,16)7-3-6(4-8(5-7)13(17,18)19)9-1-2-10(22-9)11(20)21;1-4(8)5-2-3-6(7)9-5/h2*3-9,11H,1-2H3,(H,31,32);2-6H,1H3;1-5H,(H,20,21);2-3H,1H3/t2*11-;;;/m11.../s1. The second kappa shape index (κ2) is 36.1. The zero-order valence-electron chi connectivity index (χ0n) is 60.2. The number of hydrogen-bond acceptors (Lipinski definition) is 10. The third-order valence-electron chi connectivity index (χ3n) is 16.1. The van der Waals surface area contributed by atoms with Crippen LogP contribution in [0.4, 0.5) is 123 Å². The van der Waals surface area contributed by atoms with Crippen molar-refractivity contribution in [2.45, 2.75) is 103 Å². The van der Waals surface area contributed by atoms with Gasteiger partial charge in [0.15, 0.2) is 39.3 Å². The molecule has 5 heterocycles. The Morgan fingerprint density at radius 2 is 0.513 bits per heavy atom. The van der Waals surface area contributed by atoms with Crippen LogP contribution in [0.3, 0.4) is 0 Å². The van der Waals surface area contributed by atoms with Crippen LogP contribution in [0.25, 0.3) is 45.3 Å². The van der Waals surface area contributed by atoms with Gasteiger partial charge in [-0.25, -0.2) is 22.4 Å². The molecule has 636 valence electrons. The van der Waals surface area contributed by atoms with Crippen molar-refractivity contribution >= 4 is 45.3 Å². The number of carboxylic acid groups (broad SMARTS) is 1. The van der Waals surface area contributed by atoms with Crippen molar-refractivity contribution in [2.24, 2.45) is 0 Å². The molecule has 6 aromatic carbocycles. The Bertz CT molecular complexity index is 5040. The van der Waals surface area contributed by atoms with Crippen LogP contribution in [0, 0.1) is 37.1 Å². The first kappa shape index (κ1) is 94.1. The van der Waals surface area contributed by atoms with E-state index in [1.54, 1.807) is 12.1 Å². The van der Waals surface area contributed by atoms with Crippen LogP contribution in [0.15, 0.2) is 184 Å². The molecule has 0 fully saturated rings. The summed E-state index contributed by atoms with van der Waals surface area (Å²) in [6, 6.07) is 17.9. The highest BCUT2D eigenvalue weighted by molar-refractivity contribution is 9.10. The molecular formula is C77H49BrF28N2O11. The lowest BCUT2D eigenvalue weighted by Gasteiger charge is -2.15. The number of carbonyl (C=O) groups is 5. The SMILES string of the molecule is CC(=O)c1ccc(-c2cc(C(F)(F)F)cc(C(F)(F)F)c2)o1.CC(=O)c1ccc(Br)o1.Cc1c(F)cc([C@@H](C)NC(=O)c2ccc(-c3cc(C(F)(F)F)cc(C(F)(F)F)c3)o2)cc1F.Cc1c(F)cc([C@@H](C)NC(=O)c2ccc(-c3cc(C(F)(F)F)cc(C(F)(F)F)c3)o2)cc1F.O=C(O)c1ccc(-c2cc(C(F)(F)F)cc(C(F)(F)F)c2)o1. The van der Waals surface area contributed by atoms with Crippen LogP contribution in [-0.4, -0.2) is 34.5 Å². The molecule has 0 saturated heterocycles. The normalized spacial score (nSPS) is 12.6. The Labute approximate surface area is 657 Å². The lowest BCUT2D eigenvalue weighted by molar-refractivity contribution is -0.144. The number of alkyl halides is 24. The summed E-state index contributed by atoms with van der Waals surface area (Å²) in [5.41, 5.74) is -14.3. The van der Waals surface area contributed by atoms with Gasteiger partial charge in [0.2, 0.25) is 5.76 Å². The van der Waals surface area contributed by atoms with E-state index in [1.807, 2.05) is 0 Å². The molecule has 0 aliphatic carbocycles. The van der Waals surface area contributed by atoms with E-state index in [4.69, 9.17) is 27.2 Å². The number of Topliss-reactive ketones (excluding diaryl/α,β-unsaturated/α-hetero) is 2. The minimum atomic E-state index is -5.04. The summed E-state index contributed by atoms with van der Waals surface area (Å²) in [7, 11) is 0. The Hall–Kier alpha value is -12.0. The molecule has 5 aromatic heterocycles. The molecule has 3 N–H and O–H groups in total. The van der Waals surface area contributed by atoms with Crippen LogP contribution < -0.4 is 10.6 Å². The van der Waals surface area contributed by atoms with Crippen LogP contribution in [0.5, 0.6) is 0 Å². The monoisotopic (exact) mass is 1790 g/mol. The molecule has 13 nitrogen and oxygen atoms in total. The largest absolute Gasteiger partial charge is 0.475 e. The number of furan rings is 5. The zero-order valence-corrected chi connectivity index (χ0v) is 61.7. The highest BCUT2D eigenvalue weighted by Crippen LogP contribution is 2.45. The number of rotatable bonds is 13. The molecular weight excluding hydrogens is 1740 g/mol. The molecule has 2 amide bonds. The molecule has 42 heteroatoms. The van der Waals surface area contributed by atoms with Gasteiger partial charge in [-0.3, -0.25) is 19.2 Å². The fraction of sp³-hybridized carbons (Fsp3) is 0.208. The van der Waals surface area contributed by atoms with Gasteiger partial charge < -0.3 is 37.8 Å². The van der Waals surface area contributed by atoms with Crippen molar-refractivity contribution in [3.63, 3.8) is 0 Å². The van der Waals surface area contributed by atoms with Crippen molar-refractivity contribution in [1.29, 1.82) is 0 Å². The lowest BCUT2D eigenvalue weighted by atomic mass is 10.0. The third-order valence-corrected chi connectivity index (χ3v) is 16.6. The van der Waals surface area contributed by atoms with Gasteiger partial charge in [-0.15, -0.1) is 0 Å². The van der Waals surface area contributed by atoms with Crippen molar-refractivity contribution in [1.82, 2.24) is 10.6 Å². The van der Waals surface area contributed by atoms with Crippen molar-refractivity contribution in [3.05, 3.63) is 281 Å². The molecule has 11 rings (SSSR count). The van der Waals surface area contributed by atoms with Crippen LogP contribution in [0.1, 0.15) is 159 Å². The molecule has 0 radical (unpaired) electrons. The lowest BCUT2D eigenvalue weighted by Crippen LogP contribution is -2.26. The Kier molecular flexibility index (Phi) is 28.5. The van der Waals surface area contributed by atoms with Gasteiger partial charge in [0, 0.05) is 47.2 Å². The summed E-state index contributed by atoms with van der Waals surface area (Å²) in [4.78, 5) is 57.1. The molecule has 11 aromatic rings. The van der Waals surface area contributed by atoms with E-state index in [0.29, 0.717) is 59.0 Å². The second-order valence-electron chi connectivity index (χ2n) is 25.0. The van der Waals surface area contributed by atoms with Crippen molar-refractivity contribution in [3.8, 4) is 45.3 Å². The average Bonchev–Trinajstić information content (AvgIpc) is 1.76. The first-order valence-corrected chi connectivity index (χ1v) is 33.4. The third kappa shape index (κ3) is 25.3. The summed E-state index contributed by atoms with van der Waals surface area (Å²) < 4.78 is 390. The smallest absolute Gasteiger partial charge is 0.416 e. The van der Waals surface area contributed by atoms with Crippen molar-refractivity contribution < 1.29 is 174 Å². The van der Waals surface area contributed by atoms with Crippen LogP contribution >= 0.6 is 15.9 Å². The first-order chi connectivity index (χ1) is 54.5. The van der Waals surface area contributed by atoms with Gasteiger partial charge in [-0.1, -0.05) is 0 Å². The Morgan fingerprint density at radius 1 is 0.311 bits per heavy atom. The maximum absolute atomic E-state index is 13.8. The summed E-state index contributed by atoms with van der Waals surface area (Å²) in [5.74, 6) is -9.78. The average molecular weight is 1790 g/mol. The van der Waals surface area contributed by atoms with E-state index in [9.17, 15) is 147 Å². The maximum atomic E-state index is 13.8. The van der Waals surface area contributed by atoms with Gasteiger partial charge in [-0.2, -0.15) is 105 Å². The van der Waals surface area contributed by atoms with Gasteiger partial charge in [0.25, 0.3) is 11.8 Å². The maximum Gasteiger partial charge on any atom is 0.416 e. The van der Waals surface area contributed by atoms with E-state index in [-0.39, 0.29) is 63.8 Å². The second-order valence-corrected chi connectivity index (χ2v) is 25.7. The predicted molar refractivity (Wildman–Crippen MR) is 364 cm³/mol. The number of aromatic carboxylic acids is 1. The molecule has 0 bridgehead atoms. The number of amides is 2. The highest BCUT2D eigenvalue weighted by Gasteiger charge is 2.42. The zero-order chi connectivity index (χ0) is 89.7. The number of benzene rings is 6. The van der Waals surface area contributed by atoms with E-state index < -0.39 is 210 Å². The van der Waals surface area contributed by atoms with Crippen molar-refractivity contribution in [2.75, 3.05) is 0 Å².